The highest BCUT2D eigenvalue weighted by Gasteiger charge is 2.52. The fourth-order valence-electron chi connectivity index (χ4n) is 4.71. The quantitative estimate of drug-likeness (QED) is 0.397. The number of likely N-dealkylation sites (tertiary alicyclic amines) is 2. The molecule has 4 heterocycles. The van der Waals surface area contributed by atoms with Crippen molar-refractivity contribution in [3.8, 4) is 0 Å². The first-order valence-corrected chi connectivity index (χ1v) is 10.8. The number of morpholine rings is 1. The predicted molar refractivity (Wildman–Crippen MR) is 115 cm³/mol. The maximum Gasteiger partial charge on any atom is 0.290 e. The van der Waals surface area contributed by atoms with Crippen molar-refractivity contribution in [2.45, 2.75) is 13.5 Å². The maximum absolute atomic E-state index is 12.7. The number of aliphatic hydroxyl groups is 1. The Morgan fingerprint density at radius 1 is 1.15 bits per heavy atom. The van der Waals surface area contributed by atoms with Crippen LogP contribution >= 0.6 is 0 Å². The second kappa shape index (κ2) is 13.2. The van der Waals surface area contributed by atoms with Crippen molar-refractivity contribution < 1.29 is 34.4 Å². The van der Waals surface area contributed by atoms with Gasteiger partial charge in [0.05, 0.1) is 26.4 Å². The molecule has 0 aliphatic carbocycles. The average Bonchev–Trinajstić information content (AvgIpc) is 3.46. The summed E-state index contributed by atoms with van der Waals surface area (Å²) >= 11 is 0. The van der Waals surface area contributed by atoms with Crippen molar-refractivity contribution in [2.75, 3.05) is 72.2 Å². The summed E-state index contributed by atoms with van der Waals surface area (Å²) < 4.78 is 7.41. The third-order valence-electron chi connectivity index (χ3n) is 6.43. The van der Waals surface area contributed by atoms with E-state index in [-0.39, 0.29) is 30.9 Å². The molecule has 1 amide bonds. The number of carboxylic acid groups (broad SMARTS) is 2. The van der Waals surface area contributed by atoms with Crippen LogP contribution in [0.3, 0.4) is 0 Å². The number of carbonyl (C=O) groups excluding carboxylic acids is 1. The van der Waals surface area contributed by atoms with Crippen LogP contribution in [0.25, 0.3) is 0 Å². The Bertz CT molecular complexity index is 751. The van der Waals surface area contributed by atoms with Crippen LogP contribution in [0.4, 0.5) is 0 Å². The summed E-state index contributed by atoms with van der Waals surface area (Å²) in [6.07, 6.45) is 1.76. The Kier molecular flexibility index (Phi) is 10.6. The van der Waals surface area contributed by atoms with Crippen molar-refractivity contribution in [1.29, 1.82) is 0 Å². The van der Waals surface area contributed by atoms with Crippen LogP contribution in [0.15, 0.2) is 6.33 Å². The van der Waals surface area contributed by atoms with E-state index in [0.717, 1.165) is 51.6 Å². The molecule has 3 aliphatic rings. The van der Waals surface area contributed by atoms with Crippen LogP contribution < -0.4 is 0 Å². The van der Waals surface area contributed by atoms with Gasteiger partial charge < -0.3 is 34.4 Å². The monoisotopic (exact) mass is 470 g/mol. The summed E-state index contributed by atoms with van der Waals surface area (Å²) in [7, 11) is 0. The molecule has 13 heteroatoms. The molecule has 4 rings (SSSR count). The number of amides is 1. The van der Waals surface area contributed by atoms with Gasteiger partial charge in [0.1, 0.15) is 12.2 Å². The molecule has 2 unspecified atom stereocenters. The zero-order valence-corrected chi connectivity index (χ0v) is 19.0. The summed E-state index contributed by atoms with van der Waals surface area (Å²) in [6, 6.07) is 0. The number of hydrogen-bond donors (Lipinski definition) is 3. The molecule has 0 bridgehead atoms. The predicted octanol–water partition coefficient (Wildman–Crippen LogP) is -1.93. The Labute approximate surface area is 192 Å². The summed E-state index contributed by atoms with van der Waals surface area (Å²) in [5.41, 5.74) is -0.178. The van der Waals surface area contributed by atoms with E-state index in [2.05, 4.69) is 24.6 Å². The second-order valence-electron chi connectivity index (χ2n) is 8.40. The SMILES string of the molecule is Cc1nncn1CCN1CC2CN(C(=O)CN3CCOCC3)CC2(CO)C1.O=CO.O=CO. The Morgan fingerprint density at radius 3 is 2.36 bits per heavy atom. The lowest BCUT2D eigenvalue weighted by Gasteiger charge is -2.30. The lowest BCUT2D eigenvalue weighted by atomic mass is 9.82. The molecule has 3 aliphatic heterocycles. The number of aromatic nitrogens is 3. The lowest BCUT2D eigenvalue weighted by molar-refractivity contribution is -0.133. The van der Waals surface area contributed by atoms with Gasteiger partial charge in [0.15, 0.2) is 0 Å². The molecule has 2 atom stereocenters. The maximum atomic E-state index is 12.7. The van der Waals surface area contributed by atoms with Crippen LogP contribution in [0.2, 0.25) is 0 Å². The van der Waals surface area contributed by atoms with Gasteiger partial charge in [-0.15, -0.1) is 10.2 Å². The molecule has 1 aromatic heterocycles. The number of aliphatic hydroxyl groups excluding tert-OH is 1. The number of aryl methyl sites for hydroxylation is 1. The fraction of sp³-hybridized carbons (Fsp3) is 0.750. The number of nitrogens with zero attached hydrogens (tertiary/aromatic N) is 6. The molecule has 33 heavy (non-hydrogen) atoms. The van der Waals surface area contributed by atoms with Crippen molar-refractivity contribution in [1.82, 2.24) is 29.5 Å². The zero-order valence-electron chi connectivity index (χ0n) is 19.0. The first-order valence-electron chi connectivity index (χ1n) is 10.8. The largest absolute Gasteiger partial charge is 0.483 e. The van der Waals surface area contributed by atoms with Crippen LogP contribution in [0, 0.1) is 18.3 Å². The third kappa shape index (κ3) is 7.19. The molecule has 0 saturated carbocycles. The van der Waals surface area contributed by atoms with E-state index in [1.165, 1.54) is 0 Å². The van der Waals surface area contributed by atoms with Crippen LogP contribution in [0.1, 0.15) is 5.82 Å². The van der Waals surface area contributed by atoms with E-state index in [0.29, 0.717) is 32.2 Å². The normalized spacial score (nSPS) is 24.8. The van der Waals surface area contributed by atoms with Crippen LogP contribution in [-0.4, -0.2) is 136 Å². The summed E-state index contributed by atoms with van der Waals surface area (Å²) in [4.78, 5) is 36.0. The number of carbonyl (C=O) groups is 3. The minimum atomic E-state index is -0.250. The van der Waals surface area contributed by atoms with Gasteiger partial charge in [0, 0.05) is 57.8 Å². The van der Waals surface area contributed by atoms with Gasteiger partial charge in [0.2, 0.25) is 5.91 Å². The van der Waals surface area contributed by atoms with E-state index >= 15 is 0 Å². The molecule has 13 nitrogen and oxygen atoms in total. The molecular weight excluding hydrogens is 436 g/mol. The number of ether oxygens (including phenoxy) is 1. The van der Waals surface area contributed by atoms with Gasteiger partial charge in [-0.25, -0.2) is 0 Å². The molecule has 3 fully saturated rings. The van der Waals surface area contributed by atoms with Crippen LogP contribution in [-0.2, 0) is 25.7 Å². The van der Waals surface area contributed by atoms with Gasteiger partial charge in [0.25, 0.3) is 12.9 Å². The third-order valence-corrected chi connectivity index (χ3v) is 6.43. The van der Waals surface area contributed by atoms with Crippen LogP contribution in [0.5, 0.6) is 0 Å². The molecule has 0 aromatic carbocycles. The van der Waals surface area contributed by atoms with Crippen molar-refractivity contribution in [3.63, 3.8) is 0 Å². The highest BCUT2D eigenvalue weighted by molar-refractivity contribution is 5.78. The standard InChI is InChI=1S/C18H30N6O3.2CH2O2/c1-15-20-19-14-23(15)3-2-22-8-16-9-24(12-18(16,11-22)13-25)17(26)10-21-4-6-27-7-5-21;2*2-1-3/h14,16,25H,2-13H2,1H3;2*1H,(H,2,3). The topological polar surface area (TPSA) is 162 Å². The van der Waals surface area contributed by atoms with Gasteiger partial charge in [-0.3, -0.25) is 19.3 Å². The smallest absolute Gasteiger partial charge is 0.290 e. The minimum absolute atomic E-state index is 0.140. The summed E-state index contributed by atoms with van der Waals surface area (Å²) in [5.74, 6) is 1.45. The fourth-order valence-corrected chi connectivity index (χ4v) is 4.71. The zero-order chi connectivity index (χ0) is 24.3. The Hall–Kier alpha value is -2.61. The van der Waals surface area contributed by atoms with E-state index in [1.807, 2.05) is 11.8 Å². The van der Waals surface area contributed by atoms with Gasteiger partial charge >= 0.3 is 0 Å². The van der Waals surface area contributed by atoms with E-state index in [9.17, 15) is 9.90 Å². The molecular formula is C20H34N6O7. The van der Waals surface area contributed by atoms with Crippen molar-refractivity contribution in [2.24, 2.45) is 11.3 Å². The number of fused-ring (bicyclic) bond motifs is 1. The van der Waals surface area contributed by atoms with E-state index in [4.69, 9.17) is 24.5 Å². The van der Waals surface area contributed by atoms with Gasteiger partial charge in [-0.05, 0) is 12.8 Å². The highest BCUT2D eigenvalue weighted by atomic mass is 16.5. The van der Waals surface area contributed by atoms with E-state index < -0.39 is 0 Å². The molecule has 0 radical (unpaired) electrons. The summed E-state index contributed by atoms with van der Waals surface area (Å²) in [5, 5.41) is 31.9. The minimum Gasteiger partial charge on any atom is -0.483 e. The Balaban J connectivity index is 0.000000582. The molecule has 1 aromatic rings. The first kappa shape index (κ1) is 26.6. The molecule has 3 N–H and O–H groups in total. The second-order valence-corrected chi connectivity index (χ2v) is 8.40. The first-order chi connectivity index (χ1) is 15.9. The molecule has 186 valence electrons. The van der Waals surface area contributed by atoms with Gasteiger partial charge in [-0.1, -0.05) is 0 Å². The molecule has 3 saturated heterocycles. The van der Waals surface area contributed by atoms with Crippen molar-refractivity contribution in [3.05, 3.63) is 12.2 Å². The average molecular weight is 471 g/mol. The number of rotatable bonds is 6. The van der Waals surface area contributed by atoms with E-state index in [1.54, 1.807) is 6.33 Å². The number of hydrogen-bond acceptors (Lipinski definition) is 9. The summed E-state index contributed by atoms with van der Waals surface area (Å²) in [6.45, 7) is 10.1. The lowest BCUT2D eigenvalue weighted by Crippen LogP contribution is -2.46. The molecule has 0 spiro atoms. The van der Waals surface area contributed by atoms with Gasteiger partial charge in [-0.2, -0.15) is 0 Å². The van der Waals surface area contributed by atoms with Crippen molar-refractivity contribution >= 4 is 18.9 Å². The Morgan fingerprint density at radius 2 is 1.82 bits per heavy atom. The highest BCUT2D eigenvalue weighted by Crippen LogP contribution is 2.42.